The fourth-order valence-corrected chi connectivity index (χ4v) is 1.42. The van der Waals surface area contributed by atoms with Gasteiger partial charge in [0, 0.05) is 0 Å². The number of aliphatic hydroxyl groups is 1. The van der Waals surface area contributed by atoms with Crippen molar-refractivity contribution in [1.29, 1.82) is 0 Å². The minimum absolute atomic E-state index is 0.118. The molecule has 0 saturated carbocycles. The lowest BCUT2D eigenvalue weighted by atomic mass is 10.2. The Kier molecular flexibility index (Phi) is 6.12. The number of carbonyl (C=O) groups is 2. The maximum absolute atomic E-state index is 11.3. The maximum Gasteiger partial charge on any atom is 0.308 e. The first kappa shape index (κ1) is 15.9. The third-order valence-corrected chi connectivity index (χ3v) is 1.91. The monoisotopic (exact) mass is 248 g/mol. The molecule has 0 aromatic carbocycles. The average molecular weight is 248 g/mol. The minimum atomic E-state index is -1.01. The third kappa shape index (κ3) is 9.77. The number of ether oxygens (including phenoxy) is 1. The zero-order valence-corrected chi connectivity index (χ0v) is 10.8. The maximum atomic E-state index is 11.3. The van der Waals surface area contributed by atoms with Crippen LogP contribution in [0.2, 0.25) is 0 Å². The Morgan fingerprint density at radius 3 is 2.12 bits per heavy atom. The van der Waals surface area contributed by atoms with Gasteiger partial charge in [0.2, 0.25) is 0 Å². The molecule has 0 spiro atoms. The van der Waals surface area contributed by atoms with Gasteiger partial charge in [0.25, 0.3) is 0 Å². The van der Waals surface area contributed by atoms with E-state index < -0.39 is 24.1 Å². The van der Waals surface area contributed by atoms with Crippen LogP contribution in [0.25, 0.3) is 0 Å². The standard InChI is InChI=1S/C11H21NO5/c1-8(13)5-11(16)17-9(6-10(14)15)7-12(2,3)4/h8-9,13H,5-7H2,1-4H3/p+1/t8-,9+/m0/s1. The fraction of sp³-hybridized carbons (Fsp3) is 0.818. The third-order valence-electron chi connectivity index (χ3n) is 1.91. The largest absolute Gasteiger partial charge is 0.481 e. The van der Waals surface area contributed by atoms with Crippen LogP contribution >= 0.6 is 0 Å². The molecule has 0 fully saturated rings. The van der Waals surface area contributed by atoms with Crippen LogP contribution in [0.4, 0.5) is 0 Å². The van der Waals surface area contributed by atoms with Gasteiger partial charge in [-0.25, -0.2) is 0 Å². The number of nitrogens with zero attached hydrogens (tertiary/aromatic N) is 1. The molecule has 17 heavy (non-hydrogen) atoms. The summed E-state index contributed by atoms with van der Waals surface area (Å²) in [6.45, 7) is 1.89. The van der Waals surface area contributed by atoms with Gasteiger partial charge in [-0.05, 0) is 6.92 Å². The lowest BCUT2D eigenvalue weighted by Gasteiger charge is -2.28. The van der Waals surface area contributed by atoms with Crippen LogP contribution in [0, 0.1) is 0 Å². The highest BCUT2D eigenvalue weighted by atomic mass is 16.5. The van der Waals surface area contributed by atoms with Crippen molar-refractivity contribution in [2.75, 3.05) is 27.7 Å². The van der Waals surface area contributed by atoms with Crippen molar-refractivity contribution in [3.8, 4) is 0 Å². The molecule has 100 valence electrons. The first-order valence-electron chi connectivity index (χ1n) is 5.50. The molecule has 6 heteroatoms. The second-order valence-corrected chi connectivity index (χ2v) is 5.24. The van der Waals surface area contributed by atoms with E-state index in [2.05, 4.69) is 0 Å². The number of likely N-dealkylation sites (N-methyl/N-ethyl adjacent to an activating group) is 1. The van der Waals surface area contributed by atoms with Crippen LogP contribution in [-0.2, 0) is 14.3 Å². The van der Waals surface area contributed by atoms with Crippen molar-refractivity contribution < 1.29 is 29.0 Å². The Morgan fingerprint density at radius 2 is 1.76 bits per heavy atom. The molecule has 0 rings (SSSR count). The van der Waals surface area contributed by atoms with E-state index in [0.29, 0.717) is 11.0 Å². The molecule has 0 amide bonds. The molecule has 0 radical (unpaired) electrons. The number of esters is 1. The summed E-state index contributed by atoms with van der Waals surface area (Å²) in [6.07, 6.45) is -1.79. The molecule has 0 unspecified atom stereocenters. The summed E-state index contributed by atoms with van der Waals surface area (Å²) in [5, 5.41) is 17.8. The zero-order valence-electron chi connectivity index (χ0n) is 10.8. The molecular weight excluding hydrogens is 226 g/mol. The second kappa shape index (κ2) is 6.56. The van der Waals surface area contributed by atoms with Crippen molar-refractivity contribution in [2.45, 2.75) is 32.0 Å². The number of carboxylic acids is 1. The van der Waals surface area contributed by atoms with E-state index in [9.17, 15) is 9.59 Å². The van der Waals surface area contributed by atoms with Crippen molar-refractivity contribution in [2.24, 2.45) is 0 Å². The second-order valence-electron chi connectivity index (χ2n) is 5.24. The molecule has 6 nitrogen and oxygen atoms in total. The average Bonchev–Trinajstić information content (AvgIpc) is 1.95. The highest BCUT2D eigenvalue weighted by Gasteiger charge is 2.25. The summed E-state index contributed by atoms with van der Waals surface area (Å²) in [6, 6.07) is 0. The van der Waals surface area contributed by atoms with Gasteiger partial charge in [0.1, 0.15) is 6.54 Å². The molecule has 0 aromatic rings. The number of aliphatic carboxylic acids is 1. The zero-order chi connectivity index (χ0) is 13.6. The Labute approximate surface area is 101 Å². The summed E-state index contributed by atoms with van der Waals surface area (Å²) in [4.78, 5) is 22.0. The summed E-state index contributed by atoms with van der Waals surface area (Å²) in [7, 11) is 5.66. The predicted molar refractivity (Wildman–Crippen MR) is 61.3 cm³/mol. The number of hydrogen-bond acceptors (Lipinski definition) is 4. The van der Waals surface area contributed by atoms with E-state index in [4.69, 9.17) is 14.9 Å². The van der Waals surface area contributed by atoms with Crippen LogP contribution in [0.3, 0.4) is 0 Å². The van der Waals surface area contributed by atoms with Crippen LogP contribution in [0.15, 0.2) is 0 Å². The van der Waals surface area contributed by atoms with Crippen LogP contribution < -0.4 is 0 Å². The molecule has 0 aliphatic rings. The van der Waals surface area contributed by atoms with E-state index in [1.165, 1.54) is 6.92 Å². The smallest absolute Gasteiger partial charge is 0.308 e. The highest BCUT2D eigenvalue weighted by molar-refractivity contribution is 5.71. The van der Waals surface area contributed by atoms with Gasteiger partial charge in [-0.1, -0.05) is 0 Å². The highest BCUT2D eigenvalue weighted by Crippen LogP contribution is 2.07. The summed E-state index contributed by atoms with van der Waals surface area (Å²) in [5.41, 5.74) is 0. The van der Waals surface area contributed by atoms with Gasteiger partial charge in [0.05, 0.1) is 40.1 Å². The summed E-state index contributed by atoms with van der Waals surface area (Å²) < 4.78 is 5.55. The van der Waals surface area contributed by atoms with Gasteiger partial charge in [-0.3, -0.25) is 9.59 Å². The SMILES string of the molecule is C[C@H](O)CC(=O)O[C@H](CC(=O)O)C[N+](C)(C)C. The molecular formula is C11H22NO5+. The van der Waals surface area contributed by atoms with Crippen LogP contribution in [0.1, 0.15) is 19.8 Å². The minimum Gasteiger partial charge on any atom is -0.481 e. The molecule has 0 heterocycles. The van der Waals surface area contributed by atoms with Gasteiger partial charge < -0.3 is 19.4 Å². The van der Waals surface area contributed by atoms with Gasteiger partial charge in [-0.15, -0.1) is 0 Å². The molecule has 2 N–H and O–H groups in total. The Balaban J connectivity index is 4.38. The summed E-state index contributed by atoms with van der Waals surface area (Å²) in [5.74, 6) is -1.58. The first-order valence-corrected chi connectivity index (χ1v) is 5.50. The predicted octanol–water partition coefficient (Wildman–Crippen LogP) is -0.150. The van der Waals surface area contributed by atoms with Gasteiger partial charge in [0.15, 0.2) is 6.10 Å². The van der Waals surface area contributed by atoms with Crippen LogP contribution in [0.5, 0.6) is 0 Å². The van der Waals surface area contributed by atoms with Crippen molar-refractivity contribution >= 4 is 11.9 Å². The molecule has 0 bridgehead atoms. The van der Waals surface area contributed by atoms with E-state index in [0.717, 1.165) is 0 Å². The number of carboxylic acid groups (broad SMARTS) is 1. The normalized spacial score (nSPS) is 15.1. The quantitative estimate of drug-likeness (QED) is 0.483. The number of carbonyl (C=O) groups excluding carboxylic acids is 1. The number of aliphatic hydroxyl groups excluding tert-OH is 1. The first-order chi connectivity index (χ1) is 7.60. The Hall–Kier alpha value is -1.14. The summed E-state index contributed by atoms with van der Waals surface area (Å²) >= 11 is 0. The van der Waals surface area contributed by atoms with E-state index in [1.54, 1.807) is 0 Å². The molecule has 0 aromatic heterocycles. The van der Waals surface area contributed by atoms with Gasteiger partial charge >= 0.3 is 11.9 Å². The van der Waals surface area contributed by atoms with Crippen molar-refractivity contribution in [3.05, 3.63) is 0 Å². The van der Waals surface area contributed by atoms with Gasteiger partial charge in [-0.2, -0.15) is 0 Å². The number of hydrogen-bond donors (Lipinski definition) is 2. The van der Waals surface area contributed by atoms with Crippen molar-refractivity contribution in [1.82, 2.24) is 0 Å². The number of quaternary nitrogens is 1. The van der Waals surface area contributed by atoms with Crippen molar-refractivity contribution in [3.63, 3.8) is 0 Å². The lowest BCUT2D eigenvalue weighted by Crippen LogP contribution is -2.44. The van der Waals surface area contributed by atoms with E-state index in [-0.39, 0.29) is 12.8 Å². The lowest BCUT2D eigenvalue weighted by molar-refractivity contribution is -0.873. The van der Waals surface area contributed by atoms with Crippen LogP contribution in [-0.4, -0.2) is 66.5 Å². The molecule has 0 aliphatic carbocycles. The number of rotatable bonds is 7. The fourth-order valence-electron chi connectivity index (χ4n) is 1.42. The van der Waals surface area contributed by atoms with E-state index in [1.807, 2.05) is 21.1 Å². The molecule has 0 aliphatic heterocycles. The Morgan fingerprint density at radius 1 is 1.24 bits per heavy atom. The molecule has 0 saturated heterocycles. The Bertz CT molecular complexity index is 270. The molecule has 2 atom stereocenters. The topological polar surface area (TPSA) is 83.8 Å². The van der Waals surface area contributed by atoms with E-state index >= 15 is 0 Å².